The van der Waals surface area contributed by atoms with Gasteiger partial charge in [0, 0.05) is 22.3 Å². The molecule has 0 atom stereocenters. The molecular weight excluding hydrogens is 357 g/mol. The molecule has 0 saturated heterocycles. The predicted octanol–water partition coefficient (Wildman–Crippen LogP) is 6.38. The number of pyridine rings is 1. The molecule has 1 heterocycles. The Bertz CT molecular complexity index is 647. The number of hydrogen-bond donors (Lipinski definition) is 0. The van der Waals surface area contributed by atoms with E-state index in [-0.39, 0.29) is 31.2 Å². The lowest BCUT2D eigenvalue weighted by molar-refractivity contribution is -0.140. The summed E-state index contributed by atoms with van der Waals surface area (Å²) in [6.45, 7) is 0. The van der Waals surface area contributed by atoms with E-state index in [1.54, 1.807) is 0 Å². The van der Waals surface area contributed by atoms with Crippen LogP contribution < -0.4 is 0 Å². The Morgan fingerprint density at radius 2 is 1.40 bits per heavy atom. The highest BCUT2D eigenvalue weighted by molar-refractivity contribution is 6.43. The van der Waals surface area contributed by atoms with E-state index in [0.29, 0.717) is 0 Å². The molecule has 1 aromatic heterocycles. The topological polar surface area (TPSA) is 12.9 Å². The van der Waals surface area contributed by atoms with Crippen LogP contribution in [0, 0.1) is 0 Å². The molecule has 0 aliphatic heterocycles. The average molecular weight is 361 g/mol. The van der Waals surface area contributed by atoms with Crippen molar-refractivity contribution in [3.63, 3.8) is 0 Å². The van der Waals surface area contributed by atoms with Crippen molar-refractivity contribution in [2.75, 3.05) is 0 Å². The molecule has 0 unspecified atom stereocenters. The van der Waals surface area contributed by atoms with E-state index in [1.807, 2.05) is 0 Å². The predicted molar refractivity (Wildman–Crippen MR) is 74.7 cm³/mol. The second kappa shape index (κ2) is 5.60. The first-order valence-electron chi connectivity index (χ1n) is 5.08. The van der Waals surface area contributed by atoms with Crippen LogP contribution in [0.15, 0.2) is 24.4 Å². The number of nitrogens with zero attached hydrogens (tertiary/aromatic N) is 1. The van der Waals surface area contributed by atoms with Gasteiger partial charge in [0.2, 0.25) is 0 Å². The smallest absolute Gasteiger partial charge is 0.251 e. The fraction of sp³-hybridized carbons (Fsp3) is 0.0833. The van der Waals surface area contributed by atoms with Crippen LogP contribution in [0.1, 0.15) is 5.69 Å². The van der Waals surface area contributed by atoms with Crippen LogP contribution in [0.4, 0.5) is 13.2 Å². The fourth-order valence-electron chi connectivity index (χ4n) is 1.67. The third-order valence-corrected chi connectivity index (χ3v) is 3.55. The maximum Gasteiger partial charge on any atom is 0.434 e. The van der Waals surface area contributed by atoms with Crippen molar-refractivity contribution in [1.82, 2.24) is 4.98 Å². The van der Waals surface area contributed by atoms with Gasteiger partial charge in [-0.2, -0.15) is 13.2 Å². The Balaban J connectivity index is 2.83. The monoisotopic (exact) mass is 359 g/mol. The molecule has 0 bridgehead atoms. The van der Waals surface area contributed by atoms with Crippen molar-refractivity contribution in [3.8, 4) is 11.1 Å². The highest BCUT2D eigenvalue weighted by Gasteiger charge is 2.37. The zero-order valence-electron chi connectivity index (χ0n) is 9.40. The van der Waals surface area contributed by atoms with E-state index in [0.717, 1.165) is 6.20 Å². The largest absolute Gasteiger partial charge is 0.434 e. The number of aromatic nitrogens is 1. The summed E-state index contributed by atoms with van der Waals surface area (Å²) in [4.78, 5) is 3.33. The highest BCUT2D eigenvalue weighted by Crippen LogP contribution is 2.45. The number of hydrogen-bond acceptors (Lipinski definition) is 1. The fourth-order valence-corrected chi connectivity index (χ4v) is 2.92. The number of alkyl halides is 3. The number of benzene rings is 1. The molecule has 8 heteroatoms. The van der Waals surface area contributed by atoms with E-state index >= 15 is 0 Å². The Kier molecular flexibility index (Phi) is 4.40. The molecule has 0 spiro atoms. The van der Waals surface area contributed by atoms with Gasteiger partial charge in [-0.3, -0.25) is 4.98 Å². The van der Waals surface area contributed by atoms with Crippen molar-refractivity contribution < 1.29 is 13.2 Å². The van der Waals surface area contributed by atoms with Crippen LogP contribution >= 0.6 is 46.4 Å². The number of rotatable bonds is 1. The van der Waals surface area contributed by atoms with Gasteiger partial charge in [0.15, 0.2) is 5.69 Å². The normalized spacial score (nSPS) is 11.8. The summed E-state index contributed by atoms with van der Waals surface area (Å²) in [5.74, 6) is 0. The second-order valence-electron chi connectivity index (χ2n) is 3.76. The molecule has 2 aromatic rings. The minimum atomic E-state index is -4.69. The molecule has 106 valence electrons. The van der Waals surface area contributed by atoms with Crippen LogP contribution in [-0.4, -0.2) is 4.98 Å². The zero-order valence-corrected chi connectivity index (χ0v) is 12.4. The second-order valence-corrected chi connectivity index (χ2v) is 5.42. The quantitative estimate of drug-likeness (QED) is 0.574. The third-order valence-electron chi connectivity index (χ3n) is 2.43. The Morgan fingerprint density at radius 1 is 0.850 bits per heavy atom. The standard InChI is InChI=1S/C12H4Cl4F3N/c13-5-3-7(15)9(8(16)4-5)10-6(14)1-2-20-11(10)12(17,18)19/h1-4H. The average Bonchev–Trinajstić information content (AvgIpc) is 2.28. The summed E-state index contributed by atoms with van der Waals surface area (Å²) in [6.07, 6.45) is -3.72. The third kappa shape index (κ3) is 2.98. The molecule has 0 N–H and O–H groups in total. The SMILES string of the molecule is FC(F)(F)c1nccc(Cl)c1-c1c(Cl)cc(Cl)cc1Cl. The van der Waals surface area contributed by atoms with Gasteiger partial charge in [0.25, 0.3) is 0 Å². The van der Waals surface area contributed by atoms with Gasteiger partial charge in [-0.25, -0.2) is 0 Å². The maximum absolute atomic E-state index is 13.0. The summed E-state index contributed by atoms with van der Waals surface area (Å²) in [5.41, 5.74) is -1.58. The molecule has 0 aliphatic carbocycles. The molecule has 0 amide bonds. The minimum absolute atomic E-state index is 0.0390. The lowest BCUT2D eigenvalue weighted by atomic mass is 10.0. The van der Waals surface area contributed by atoms with Gasteiger partial charge in [-0.1, -0.05) is 46.4 Å². The first-order valence-corrected chi connectivity index (χ1v) is 6.59. The summed E-state index contributed by atoms with van der Waals surface area (Å²) >= 11 is 23.5. The van der Waals surface area contributed by atoms with Crippen LogP contribution in [0.2, 0.25) is 20.1 Å². The Morgan fingerprint density at radius 3 is 1.90 bits per heavy atom. The van der Waals surface area contributed by atoms with Gasteiger partial charge >= 0.3 is 6.18 Å². The zero-order chi connectivity index (χ0) is 15.1. The summed E-state index contributed by atoms with van der Waals surface area (Å²) < 4.78 is 39.1. The molecule has 1 nitrogen and oxygen atoms in total. The molecule has 0 radical (unpaired) electrons. The van der Waals surface area contributed by atoms with E-state index in [2.05, 4.69) is 4.98 Å². The van der Waals surface area contributed by atoms with Crippen molar-refractivity contribution in [2.24, 2.45) is 0 Å². The summed E-state index contributed by atoms with van der Waals surface area (Å²) in [5, 5.41) is -0.0263. The van der Waals surface area contributed by atoms with Crippen LogP contribution in [0.25, 0.3) is 11.1 Å². The molecule has 2 rings (SSSR count). The van der Waals surface area contributed by atoms with Gasteiger partial charge in [0.05, 0.1) is 15.1 Å². The van der Waals surface area contributed by atoms with Crippen molar-refractivity contribution in [2.45, 2.75) is 6.18 Å². The van der Waals surface area contributed by atoms with Gasteiger partial charge in [-0.05, 0) is 18.2 Å². The van der Waals surface area contributed by atoms with Crippen molar-refractivity contribution in [1.29, 1.82) is 0 Å². The van der Waals surface area contributed by atoms with Gasteiger partial charge in [-0.15, -0.1) is 0 Å². The van der Waals surface area contributed by atoms with Gasteiger partial charge < -0.3 is 0 Å². The number of halogens is 7. The van der Waals surface area contributed by atoms with E-state index in [4.69, 9.17) is 46.4 Å². The first kappa shape index (κ1) is 15.7. The molecule has 0 saturated carbocycles. The summed E-state index contributed by atoms with van der Waals surface area (Å²) in [6, 6.07) is 3.80. The summed E-state index contributed by atoms with van der Waals surface area (Å²) in [7, 11) is 0. The Hall–Kier alpha value is -0.680. The molecular formula is C12H4Cl4F3N. The molecule has 1 aromatic carbocycles. The first-order chi connectivity index (χ1) is 9.21. The van der Waals surface area contributed by atoms with E-state index < -0.39 is 11.9 Å². The van der Waals surface area contributed by atoms with Gasteiger partial charge in [0.1, 0.15) is 0 Å². The molecule has 0 fully saturated rings. The lowest BCUT2D eigenvalue weighted by Gasteiger charge is -2.15. The Labute approximate surface area is 132 Å². The minimum Gasteiger partial charge on any atom is -0.251 e. The highest BCUT2D eigenvalue weighted by atomic mass is 35.5. The van der Waals surface area contributed by atoms with Crippen molar-refractivity contribution >= 4 is 46.4 Å². The van der Waals surface area contributed by atoms with Crippen LogP contribution in [0.5, 0.6) is 0 Å². The molecule has 0 aliphatic rings. The van der Waals surface area contributed by atoms with Crippen molar-refractivity contribution in [3.05, 3.63) is 50.2 Å². The van der Waals surface area contributed by atoms with E-state index in [9.17, 15) is 13.2 Å². The molecule has 20 heavy (non-hydrogen) atoms. The van der Waals surface area contributed by atoms with E-state index in [1.165, 1.54) is 18.2 Å². The van der Waals surface area contributed by atoms with Crippen LogP contribution in [0.3, 0.4) is 0 Å². The lowest BCUT2D eigenvalue weighted by Crippen LogP contribution is -2.10. The van der Waals surface area contributed by atoms with Crippen LogP contribution in [-0.2, 0) is 6.18 Å². The maximum atomic E-state index is 13.0.